The van der Waals surface area contributed by atoms with Crippen molar-refractivity contribution in [2.75, 3.05) is 12.4 Å². The molecule has 0 fully saturated rings. The molecule has 1 aliphatic carbocycles. The molecule has 1 heterocycles. The van der Waals surface area contributed by atoms with Crippen LogP contribution in [0.2, 0.25) is 0 Å². The Morgan fingerprint density at radius 3 is 2.59 bits per heavy atom. The van der Waals surface area contributed by atoms with E-state index in [1.165, 1.54) is 18.4 Å². The zero-order chi connectivity index (χ0) is 23.8. The Labute approximate surface area is 206 Å². The number of aryl methyl sites for hydroxylation is 1. The zero-order valence-electron chi connectivity index (χ0n) is 18.8. The molecule has 32 heavy (non-hydrogen) atoms. The summed E-state index contributed by atoms with van der Waals surface area (Å²) in [5.74, 6) is 0.114. The van der Waals surface area contributed by atoms with Crippen molar-refractivity contribution in [3.63, 3.8) is 0 Å². The Hall–Kier alpha value is -1.97. The maximum atomic E-state index is 12.9. The van der Waals surface area contributed by atoms with Gasteiger partial charge in [-0.1, -0.05) is 36.7 Å². The van der Waals surface area contributed by atoms with E-state index in [2.05, 4.69) is 47.3 Å². The number of carbonyl (C=O) groups excluding carboxylic acids is 2. The average molecular weight is 539 g/mol. The number of thiophene rings is 1. The first-order valence-corrected chi connectivity index (χ1v) is 12.3. The quantitative estimate of drug-likeness (QED) is 0.465. The molecule has 1 atom stereocenters. The lowest BCUT2D eigenvalue weighted by Crippen LogP contribution is -2.34. The number of amides is 2. The van der Waals surface area contributed by atoms with Crippen LogP contribution in [0.5, 0.6) is 5.75 Å². The summed E-state index contributed by atoms with van der Waals surface area (Å²) in [6, 6.07) is 3.54. The van der Waals surface area contributed by atoms with Crippen molar-refractivity contribution in [2.45, 2.75) is 47.0 Å². The molecule has 0 saturated carbocycles. The van der Waals surface area contributed by atoms with E-state index in [1.54, 1.807) is 6.07 Å². The van der Waals surface area contributed by atoms with Crippen LogP contribution in [0.4, 0.5) is 5.00 Å². The van der Waals surface area contributed by atoms with Gasteiger partial charge in [0.25, 0.3) is 11.8 Å². The third-order valence-electron chi connectivity index (χ3n) is 5.88. The fourth-order valence-corrected chi connectivity index (χ4v) is 6.32. The van der Waals surface area contributed by atoms with Crippen LogP contribution < -0.4 is 21.1 Å². The van der Waals surface area contributed by atoms with Crippen molar-refractivity contribution in [3.8, 4) is 5.75 Å². The Kier molecular flexibility index (Phi) is 7.31. The van der Waals surface area contributed by atoms with E-state index >= 15 is 0 Å². The first kappa shape index (κ1) is 24.7. The summed E-state index contributed by atoms with van der Waals surface area (Å²) < 4.78 is 6.15. The number of nitrogens with two attached hydrogens (primary N) is 1. The van der Waals surface area contributed by atoms with Gasteiger partial charge >= 0.3 is 0 Å². The SMILES string of the molecule is COc1c(C)cc(Br)cc1C(=O)NC(=S)Nc1sc2c(c1C(N)=O)CCC(C(C)(C)C)C2. The highest BCUT2D eigenvalue weighted by Gasteiger charge is 2.33. The molecule has 2 amide bonds. The van der Waals surface area contributed by atoms with E-state index in [-0.39, 0.29) is 10.5 Å². The summed E-state index contributed by atoms with van der Waals surface area (Å²) in [6.45, 7) is 8.59. The molecule has 0 bridgehead atoms. The number of ether oxygens (including phenoxy) is 1. The minimum absolute atomic E-state index is 0.100. The number of methoxy groups -OCH3 is 1. The molecule has 0 aliphatic heterocycles. The van der Waals surface area contributed by atoms with Crippen LogP contribution in [0.3, 0.4) is 0 Å². The Morgan fingerprint density at radius 1 is 1.31 bits per heavy atom. The molecule has 0 radical (unpaired) electrons. The van der Waals surface area contributed by atoms with Crippen molar-refractivity contribution >= 4 is 61.4 Å². The van der Waals surface area contributed by atoms with Gasteiger partial charge in [0.2, 0.25) is 0 Å². The largest absolute Gasteiger partial charge is 0.496 e. The topological polar surface area (TPSA) is 93.4 Å². The van der Waals surface area contributed by atoms with E-state index in [0.29, 0.717) is 27.8 Å². The molecule has 172 valence electrons. The summed E-state index contributed by atoms with van der Waals surface area (Å²) in [7, 11) is 1.52. The predicted octanol–water partition coefficient (Wildman–Crippen LogP) is 5.20. The number of fused-ring (bicyclic) bond motifs is 1. The van der Waals surface area contributed by atoms with Crippen LogP contribution in [0.25, 0.3) is 0 Å². The normalized spacial score (nSPS) is 15.6. The second-order valence-electron chi connectivity index (χ2n) is 9.09. The van der Waals surface area contributed by atoms with E-state index in [0.717, 1.165) is 39.7 Å². The van der Waals surface area contributed by atoms with Crippen LogP contribution >= 0.6 is 39.5 Å². The molecule has 1 aliphatic rings. The molecule has 0 saturated heterocycles. The fraction of sp³-hybridized carbons (Fsp3) is 0.435. The number of hydrogen-bond donors (Lipinski definition) is 3. The van der Waals surface area contributed by atoms with Gasteiger partial charge in [-0.05, 0) is 73.0 Å². The van der Waals surface area contributed by atoms with Crippen molar-refractivity contribution in [2.24, 2.45) is 17.1 Å². The van der Waals surface area contributed by atoms with Gasteiger partial charge in [0, 0.05) is 9.35 Å². The number of anilines is 1. The van der Waals surface area contributed by atoms with Gasteiger partial charge in [-0.2, -0.15) is 0 Å². The molecule has 1 aromatic carbocycles. The predicted molar refractivity (Wildman–Crippen MR) is 137 cm³/mol. The molecular weight excluding hydrogens is 510 g/mol. The Balaban J connectivity index is 1.82. The molecule has 0 spiro atoms. The number of nitrogens with one attached hydrogen (secondary N) is 2. The monoisotopic (exact) mass is 537 g/mol. The van der Waals surface area contributed by atoms with Crippen LogP contribution in [-0.4, -0.2) is 24.0 Å². The van der Waals surface area contributed by atoms with Gasteiger partial charge in [0.15, 0.2) is 5.11 Å². The van der Waals surface area contributed by atoms with Gasteiger partial charge in [-0.3, -0.25) is 14.9 Å². The van der Waals surface area contributed by atoms with Crippen molar-refractivity contribution in [1.82, 2.24) is 5.32 Å². The maximum absolute atomic E-state index is 12.9. The Morgan fingerprint density at radius 2 is 2.00 bits per heavy atom. The number of rotatable bonds is 4. The smallest absolute Gasteiger partial charge is 0.261 e. The van der Waals surface area contributed by atoms with E-state index in [9.17, 15) is 9.59 Å². The van der Waals surface area contributed by atoms with E-state index < -0.39 is 11.8 Å². The highest BCUT2D eigenvalue weighted by Crippen LogP contribution is 2.44. The Bertz CT molecular complexity index is 1090. The van der Waals surface area contributed by atoms with Gasteiger partial charge in [-0.25, -0.2) is 0 Å². The van der Waals surface area contributed by atoms with Crippen molar-refractivity contribution in [3.05, 3.63) is 43.7 Å². The summed E-state index contributed by atoms with van der Waals surface area (Å²) in [6.07, 6.45) is 2.72. The number of hydrogen-bond acceptors (Lipinski definition) is 5. The second-order valence-corrected chi connectivity index (χ2v) is 11.5. The number of primary amides is 1. The molecule has 6 nitrogen and oxygen atoms in total. The minimum Gasteiger partial charge on any atom is -0.496 e. The van der Waals surface area contributed by atoms with Crippen LogP contribution in [0.15, 0.2) is 16.6 Å². The summed E-state index contributed by atoms with van der Waals surface area (Å²) in [5, 5.41) is 6.41. The molecule has 1 aromatic heterocycles. The fourth-order valence-electron chi connectivity index (χ4n) is 4.15. The third kappa shape index (κ3) is 5.15. The highest BCUT2D eigenvalue weighted by atomic mass is 79.9. The first-order valence-electron chi connectivity index (χ1n) is 10.3. The lowest BCUT2D eigenvalue weighted by molar-refractivity contribution is 0.0972. The van der Waals surface area contributed by atoms with Gasteiger partial charge in [0.05, 0.1) is 18.2 Å². The first-order chi connectivity index (χ1) is 14.9. The molecule has 1 unspecified atom stereocenters. The van der Waals surface area contributed by atoms with Gasteiger partial charge in [-0.15, -0.1) is 11.3 Å². The second kappa shape index (κ2) is 9.49. The average Bonchev–Trinajstić information content (AvgIpc) is 3.03. The molecule has 3 rings (SSSR count). The number of carbonyl (C=O) groups is 2. The lowest BCUT2D eigenvalue weighted by atomic mass is 9.72. The summed E-state index contributed by atoms with van der Waals surface area (Å²) in [4.78, 5) is 26.3. The van der Waals surface area contributed by atoms with Crippen molar-refractivity contribution < 1.29 is 14.3 Å². The molecule has 2 aromatic rings. The van der Waals surface area contributed by atoms with Gasteiger partial charge < -0.3 is 15.8 Å². The maximum Gasteiger partial charge on any atom is 0.261 e. The van der Waals surface area contributed by atoms with Gasteiger partial charge in [0.1, 0.15) is 10.8 Å². The van der Waals surface area contributed by atoms with E-state index in [1.807, 2.05) is 13.0 Å². The zero-order valence-corrected chi connectivity index (χ0v) is 22.1. The van der Waals surface area contributed by atoms with Crippen LogP contribution in [0.1, 0.15) is 63.9 Å². The summed E-state index contributed by atoms with van der Waals surface area (Å²) in [5.41, 5.74) is 8.56. The minimum atomic E-state index is -0.488. The number of benzene rings is 1. The third-order valence-corrected chi connectivity index (χ3v) is 7.71. The van der Waals surface area contributed by atoms with Crippen molar-refractivity contribution in [1.29, 1.82) is 0 Å². The summed E-state index contributed by atoms with van der Waals surface area (Å²) >= 11 is 10.3. The molecule has 4 N–H and O–H groups in total. The highest BCUT2D eigenvalue weighted by molar-refractivity contribution is 9.10. The molecule has 9 heteroatoms. The van der Waals surface area contributed by atoms with Crippen LogP contribution in [-0.2, 0) is 12.8 Å². The number of thiocarbonyl (C=S) groups is 1. The molecular formula is C23H28BrN3O3S2. The lowest BCUT2D eigenvalue weighted by Gasteiger charge is -2.33. The van der Waals surface area contributed by atoms with Crippen LogP contribution in [0, 0.1) is 18.3 Å². The van der Waals surface area contributed by atoms with E-state index in [4.69, 9.17) is 22.7 Å². The standard InChI is InChI=1S/C23H28BrN3O3S2/c1-11-8-13(24)10-15(18(11)30-5)20(29)26-22(31)27-21-17(19(25)28)14-7-6-12(23(2,3)4)9-16(14)32-21/h8,10,12H,6-7,9H2,1-5H3,(H2,25,28)(H2,26,27,29,31). The number of halogens is 1.